The predicted molar refractivity (Wildman–Crippen MR) is 122 cm³/mol. The molecule has 2 aromatic carbocycles. The summed E-state index contributed by atoms with van der Waals surface area (Å²) in [5.41, 5.74) is 3.95. The van der Waals surface area contributed by atoms with E-state index >= 15 is 0 Å². The third kappa shape index (κ3) is 4.59. The van der Waals surface area contributed by atoms with Gasteiger partial charge in [-0.15, -0.1) is 0 Å². The predicted octanol–water partition coefficient (Wildman–Crippen LogP) is 4.06. The lowest BCUT2D eigenvalue weighted by atomic mass is 9.95. The van der Waals surface area contributed by atoms with Crippen LogP contribution in [0.5, 0.6) is 0 Å². The van der Waals surface area contributed by atoms with Crippen molar-refractivity contribution in [3.8, 4) is 11.3 Å². The van der Waals surface area contributed by atoms with Gasteiger partial charge in [-0.1, -0.05) is 30.3 Å². The number of amides is 1. The quantitative estimate of drug-likeness (QED) is 0.698. The van der Waals surface area contributed by atoms with Crippen molar-refractivity contribution >= 4 is 23.1 Å². The minimum absolute atomic E-state index is 0.0187. The van der Waals surface area contributed by atoms with Crippen molar-refractivity contribution in [3.63, 3.8) is 0 Å². The van der Waals surface area contributed by atoms with Gasteiger partial charge in [0.2, 0.25) is 5.91 Å². The Morgan fingerprint density at radius 2 is 1.70 bits per heavy atom. The Kier molecular flexibility index (Phi) is 5.93. The molecule has 1 N–H and O–H groups in total. The van der Waals surface area contributed by atoms with Crippen molar-refractivity contribution in [1.29, 1.82) is 0 Å². The molecule has 0 unspecified atom stereocenters. The molecule has 0 bridgehead atoms. The first-order valence-electron chi connectivity index (χ1n) is 10.3. The molecule has 1 saturated heterocycles. The standard InChI is InChI=1S/C24H27N5O/c1-28(2)21-10-8-20(9-11-21)27-24(30)19-12-14-29(15-13-19)23-16-22(25-17-26-23)18-6-4-3-5-7-18/h3-11,16-17,19H,12-15H2,1-2H3,(H,27,30). The van der Waals surface area contributed by atoms with Crippen molar-refractivity contribution in [2.75, 3.05) is 42.3 Å². The zero-order valence-corrected chi connectivity index (χ0v) is 17.5. The van der Waals surface area contributed by atoms with Crippen LogP contribution in [0.25, 0.3) is 11.3 Å². The van der Waals surface area contributed by atoms with Gasteiger partial charge in [0, 0.05) is 56.1 Å². The number of nitrogens with one attached hydrogen (secondary N) is 1. The average Bonchev–Trinajstić information content (AvgIpc) is 2.80. The summed E-state index contributed by atoms with van der Waals surface area (Å²) in [5.74, 6) is 1.03. The SMILES string of the molecule is CN(C)c1ccc(NC(=O)C2CCN(c3cc(-c4ccccc4)ncn3)CC2)cc1. The van der Waals surface area contributed by atoms with Crippen LogP contribution in [0.1, 0.15) is 12.8 Å². The fourth-order valence-corrected chi connectivity index (χ4v) is 3.74. The maximum Gasteiger partial charge on any atom is 0.227 e. The molecule has 1 aromatic heterocycles. The summed E-state index contributed by atoms with van der Waals surface area (Å²) in [6.07, 6.45) is 3.24. The van der Waals surface area contributed by atoms with E-state index < -0.39 is 0 Å². The van der Waals surface area contributed by atoms with E-state index in [2.05, 4.69) is 20.2 Å². The summed E-state index contributed by atoms with van der Waals surface area (Å²) in [7, 11) is 4.00. The molecule has 1 aliphatic heterocycles. The Hall–Kier alpha value is -3.41. The van der Waals surface area contributed by atoms with Crippen LogP contribution in [-0.4, -0.2) is 43.1 Å². The highest BCUT2D eigenvalue weighted by Gasteiger charge is 2.26. The fraction of sp³-hybridized carbons (Fsp3) is 0.292. The van der Waals surface area contributed by atoms with Crippen molar-refractivity contribution in [3.05, 3.63) is 67.0 Å². The zero-order chi connectivity index (χ0) is 20.9. The van der Waals surface area contributed by atoms with E-state index in [4.69, 9.17) is 0 Å². The number of nitrogens with zero attached hydrogens (tertiary/aromatic N) is 4. The van der Waals surface area contributed by atoms with E-state index in [0.29, 0.717) is 0 Å². The summed E-state index contributed by atoms with van der Waals surface area (Å²) in [6, 6.07) is 20.1. The molecule has 0 aliphatic carbocycles. The van der Waals surface area contributed by atoms with Crippen LogP contribution < -0.4 is 15.1 Å². The van der Waals surface area contributed by atoms with Crippen LogP contribution in [0.15, 0.2) is 67.0 Å². The first-order chi connectivity index (χ1) is 14.6. The van der Waals surface area contributed by atoms with Gasteiger partial charge >= 0.3 is 0 Å². The number of hydrogen-bond acceptors (Lipinski definition) is 5. The number of benzene rings is 2. The zero-order valence-electron chi connectivity index (χ0n) is 17.5. The highest BCUT2D eigenvalue weighted by molar-refractivity contribution is 5.92. The number of rotatable bonds is 5. The van der Waals surface area contributed by atoms with Gasteiger partial charge in [0.15, 0.2) is 0 Å². The average molecular weight is 402 g/mol. The van der Waals surface area contributed by atoms with Gasteiger partial charge in [-0.25, -0.2) is 9.97 Å². The molecular formula is C24H27N5O. The first-order valence-corrected chi connectivity index (χ1v) is 10.3. The molecule has 0 radical (unpaired) electrons. The van der Waals surface area contributed by atoms with Crippen LogP contribution >= 0.6 is 0 Å². The number of hydrogen-bond donors (Lipinski definition) is 1. The third-order valence-corrected chi connectivity index (χ3v) is 5.56. The van der Waals surface area contributed by atoms with E-state index in [1.807, 2.05) is 79.7 Å². The number of piperidine rings is 1. The van der Waals surface area contributed by atoms with Gasteiger partial charge in [0.25, 0.3) is 0 Å². The molecule has 154 valence electrons. The summed E-state index contributed by atoms with van der Waals surface area (Å²) in [4.78, 5) is 25.8. The largest absolute Gasteiger partial charge is 0.378 e. The van der Waals surface area contributed by atoms with E-state index in [1.165, 1.54) is 0 Å². The van der Waals surface area contributed by atoms with Gasteiger partial charge in [-0.3, -0.25) is 4.79 Å². The molecule has 1 amide bonds. The van der Waals surface area contributed by atoms with E-state index in [1.54, 1.807) is 6.33 Å². The molecule has 3 aromatic rings. The smallest absolute Gasteiger partial charge is 0.227 e. The molecular weight excluding hydrogens is 374 g/mol. The molecule has 1 aliphatic rings. The highest BCUT2D eigenvalue weighted by atomic mass is 16.1. The molecule has 0 atom stereocenters. The third-order valence-electron chi connectivity index (χ3n) is 5.56. The summed E-state index contributed by atoms with van der Waals surface area (Å²) in [6.45, 7) is 1.62. The van der Waals surface area contributed by atoms with Crippen molar-refractivity contribution < 1.29 is 4.79 Å². The topological polar surface area (TPSA) is 61.4 Å². The molecule has 1 fully saturated rings. The van der Waals surface area contributed by atoms with Gasteiger partial charge in [-0.05, 0) is 37.1 Å². The van der Waals surface area contributed by atoms with Crippen LogP contribution in [0, 0.1) is 5.92 Å². The summed E-state index contributed by atoms with van der Waals surface area (Å²) < 4.78 is 0. The second-order valence-corrected chi connectivity index (χ2v) is 7.82. The van der Waals surface area contributed by atoms with Crippen molar-refractivity contribution in [2.24, 2.45) is 5.92 Å². The Bertz CT molecular complexity index is 980. The Morgan fingerprint density at radius 3 is 2.37 bits per heavy atom. The summed E-state index contributed by atoms with van der Waals surface area (Å²) in [5, 5.41) is 3.06. The van der Waals surface area contributed by atoms with Gasteiger partial charge in [-0.2, -0.15) is 0 Å². The second-order valence-electron chi connectivity index (χ2n) is 7.82. The molecule has 6 nitrogen and oxygen atoms in total. The summed E-state index contributed by atoms with van der Waals surface area (Å²) >= 11 is 0. The second kappa shape index (κ2) is 8.95. The maximum atomic E-state index is 12.7. The van der Waals surface area contributed by atoms with Crippen molar-refractivity contribution in [2.45, 2.75) is 12.8 Å². The Labute approximate surface area is 177 Å². The minimum Gasteiger partial charge on any atom is -0.378 e. The van der Waals surface area contributed by atoms with Gasteiger partial charge in [0.05, 0.1) is 5.69 Å². The molecule has 0 spiro atoms. The normalized spacial score (nSPS) is 14.4. The Morgan fingerprint density at radius 1 is 1.00 bits per heavy atom. The monoisotopic (exact) mass is 401 g/mol. The molecule has 2 heterocycles. The van der Waals surface area contributed by atoms with E-state index in [9.17, 15) is 4.79 Å². The lowest BCUT2D eigenvalue weighted by Gasteiger charge is -2.32. The van der Waals surface area contributed by atoms with Crippen LogP contribution in [0.3, 0.4) is 0 Å². The lowest BCUT2D eigenvalue weighted by molar-refractivity contribution is -0.120. The van der Waals surface area contributed by atoms with Crippen LogP contribution in [-0.2, 0) is 4.79 Å². The molecule has 4 rings (SSSR count). The number of carbonyl (C=O) groups is 1. The Balaban J connectivity index is 1.35. The van der Waals surface area contributed by atoms with Crippen LogP contribution in [0.2, 0.25) is 0 Å². The van der Waals surface area contributed by atoms with E-state index in [0.717, 1.165) is 54.4 Å². The molecule has 0 saturated carbocycles. The number of anilines is 3. The maximum absolute atomic E-state index is 12.7. The van der Waals surface area contributed by atoms with Crippen molar-refractivity contribution in [1.82, 2.24) is 9.97 Å². The van der Waals surface area contributed by atoms with Gasteiger partial charge < -0.3 is 15.1 Å². The molecule has 30 heavy (non-hydrogen) atoms. The molecule has 6 heteroatoms. The fourth-order valence-electron chi connectivity index (χ4n) is 3.74. The van der Waals surface area contributed by atoms with Gasteiger partial charge in [0.1, 0.15) is 12.1 Å². The first kappa shape index (κ1) is 19.9. The number of aromatic nitrogens is 2. The minimum atomic E-state index is 0.0187. The lowest BCUT2D eigenvalue weighted by Crippen LogP contribution is -2.38. The number of carbonyl (C=O) groups excluding carboxylic acids is 1. The van der Waals surface area contributed by atoms with Crippen LogP contribution in [0.4, 0.5) is 17.2 Å². The van der Waals surface area contributed by atoms with E-state index in [-0.39, 0.29) is 11.8 Å². The highest BCUT2D eigenvalue weighted by Crippen LogP contribution is 2.26.